The molecule has 0 aliphatic heterocycles. The SMILES string of the molecule is COc1ccc(OC)c(NC(=O)C(=O)N/N=C(\C)c2ccccc2OC(=O)c2ccccc2Cl)c1. The topological polar surface area (TPSA) is 115 Å². The molecule has 0 bridgehead atoms. The van der Waals surface area contributed by atoms with Crippen molar-refractivity contribution >= 4 is 40.8 Å². The third-order valence-electron chi connectivity index (χ3n) is 4.76. The maximum atomic E-state index is 12.5. The lowest BCUT2D eigenvalue weighted by Crippen LogP contribution is -2.33. The van der Waals surface area contributed by atoms with Crippen LogP contribution in [0.15, 0.2) is 71.8 Å². The van der Waals surface area contributed by atoms with Crippen molar-refractivity contribution in [2.75, 3.05) is 19.5 Å². The molecule has 180 valence electrons. The van der Waals surface area contributed by atoms with Crippen LogP contribution in [0.3, 0.4) is 0 Å². The molecule has 0 aliphatic carbocycles. The molecule has 0 aromatic heterocycles. The van der Waals surface area contributed by atoms with E-state index in [0.29, 0.717) is 22.8 Å². The number of hydrazone groups is 1. The number of carbonyl (C=O) groups excluding carboxylic acids is 3. The number of hydrogen-bond acceptors (Lipinski definition) is 7. The molecule has 0 heterocycles. The third kappa shape index (κ3) is 6.36. The van der Waals surface area contributed by atoms with E-state index in [4.69, 9.17) is 25.8 Å². The summed E-state index contributed by atoms with van der Waals surface area (Å²) in [6.45, 7) is 1.59. The number of amides is 2. The van der Waals surface area contributed by atoms with Crippen LogP contribution in [0.1, 0.15) is 22.8 Å². The Kier molecular flexibility index (Phi) is 8.42. The van der Waals surface area contributed by atoms with Gasteiger partial charge in [-0.1, -0.05) is 35.9 Å². The number of halogens is 1. The van der Waals surface area contributed by atoms with Crippen LogP contribution < -0.4 is 25.0 Å². The first-order valence-corrected chi connectivity index (χ1v) is 10.7. The second-order valence-corrected chi connectivity index (χ2v) is 7.43. The Balaban J connectivity index is 1.71. The van der Waals surface area contributed by atoms with Gasteiger partial charge in [-0.25, -0.2) is 10.2 Å². The Morgan fingerprint density at radius 3 is 2.20 bits per heavy atom. The monoisotopic (exact) mass is 495 g/mol. The molecule has 0 radical (unpaired) electrons. The molecule has 9 nitrogen and oxygen atoms in total. The van der Waals surface area contributed by atoms with Crippen LogP contribution in [-0.2, 0) is 9.59 Å². The first-order chi connectivity index (χ1) is 16.8. The maximum absolute atomic E-state index is 12.5. The van der Waals surface area contributed by atoms with Gasteiger partial charge in [0.05, 0.1) is 36.2 Å². The molecule has 3 aromatic rings. The van der Waals surface area contributed by atoms with Gasteiger partial charge in [0.25, 0.3) is 0 Å². The lowest BCUT2D eigenvalue weighted by atomic mass is 10.1. The number of methoxy groups -OCH3 is 2. The quantitative estimate of drug-likeness (QED) is 0.168. The fourth-order valence-electron chi connectivity index (χ4n) is 2.97. The van der Waals surface area contributed by atoms with Gasteiger partial charge in [0.15, 0.2) is 0 Å². The Morgan fingerprint density at radius 2 is 1.51 bits per heavy atom. The number of rotatable bonds is 7. The van der Waals surface area contributed by atoms with Crippen LogP contribution in [0.4, 0.5) is 5.69 Å². The van der Waals surface area contributed by atoms with Gasteiger partial charge in [-0.05, 0) is 43.3 Å². The lowest BCUT2D eigenvalue weighted by Gasteiger charge is -2.12. The fraction of sp³-hybridized carbons (Fsp3) is 0.120. The van der Waals surface area contributed by atoms with Crippen molar-refractivity contribution in [3.8, 4) is 17.2 Å². The second kappa shape index (κ2) is 11.7. The summed E-state index contributed by atoms with van der Waals surface area (Å²) in [6, 6.07) is 17.9. The molecule has 2 N–H and O–H groups in total. The summed E-state index contributed by atoms with van der Waals surface area (Å²) in [5.41, 5.74) is 3.38. The first kappa shape index (κ1) is 25.3. The van der Waals surface area contributed by atoms with E-state index >= 15 is 0 Å². The van der Waals surface area contributed by atoms with E-state index in [0.717, 1.165) is 0 Å². The van der Waals surface area contributed by atoms with Crippen LogP contribution in [0.2, 0.25) is 5.02 Å². The Labute approximate surface area is 206 Å². The highest BCUT2D eigenvalue weighted by Crippen LogP contribution is 2.29. The zero-order valence-electron chi connectivity index (χ0n) is 19.1. The van der Waals surface area contributed by atoms with Crippen LogP contribution in [-0.4, -0.2) is 37.7 Å². The number of ether oxygens (including phenoxy) is 3. The van der Waals surface area contributed by atoms with Crippen molar-refractivity contribution in [1.29, 1.82) is 0 Å². The number of carbonyl (C=O) groups is 3. The minimum absolute atomic E-state index is 0.205. The van der Waals surface area contributed by atoms with E-state index in [1.807, 2.05) is 0 Å². The van der Waals surface area contributed by atoms with E-state index in [-0.39, 0.29) is 22.0 Å². The van der Waals surface area contributed by atoms with Crippen molar-refractivity contribution < 1.29 is 28.6 Å². The highest BCUT2D eigenvalue weighted by Gasteiger charge is 2.18. The summed E-state index contributed by atoms with van der Waals surface area (Å²) < 4.78 is 15.8. The molecule has 3 rings (SSSR count). The molecule has 10 heteroatoms. The summed E-state index contributed by atoms with van der Waals surface area (Å²) in [5, 5.41) is 6.68. The minimum Gasteiger partial charge on any atom is -0.497 e. The normalized spacial score (nSPS) is 10.8. The van der Waals surface area contributed by atoms with Gasteiger partial charge in [0, 0.05) is 11.6 Å². The van der Waals surface area contributed by atoms with Crippen LogP contribution in [0.5, 0.6) is 17.2 Å². The number of esters is 1. The third-order valence-corrected chi connectivity index (χ3v) is 5.09. The van der Waals surface area contributed by atoms with Gasteiger partial charge in [-0.2, -0.15) is 5.10 Å². The summed E-state index contributed by atoms with van der Waals surface area (Å²) in [4.78, 5) is 37.2. The number of benzene rings is 3. The lowest BCUT2D eigenvalue weighted by molar-refractivity contribution is -0.136. The molecule has 0 unspecified atom stereocenters. The smallest absolute Gasteiger partial charge is 0.345 e. The van der Waals surface area contributed by atoms with Crippen LogP contribution in [0, 0.1) is 0 Å². The molecule has 0 saturated carbocycles. The predicted molar refractivity (Wildman–Crippen MR) is 131 cm³/mol. The van der Waals surface area contributed by atoms with E-state index in [1.165, 1.54) is 20.3 Å². The number of nitrogens with one attached hydrogen (secondary N) is 2. The largest absolute Gasteiger partial charge is 0.497 e. The molecule has 3 aromatic carbocycles. The Hall–Kier alpha value is -4.37. The minimum atomic E-state index is -1.01. The summed E-state index contributed by atoms with van der Waals surface area (Å²) in [6.07, 6.45) is 0. The maximum Gasteiger partial charge on any atom is 0.345 e. The molecular weight excluding hydrogens is 474 g/mol. The molecular formula is C25H22ClN3O6. The standard InChI is InChI=1S/C25H22ClN3O6/c1-15(17-8-5-7-11-21(17)35-25(32)18-9-4-6-10-19(18)26)28-29-24(31)23(30)27-20-14-16(33-2)12-13-22(20)34-3/h4-14H,1-3H3,(H,27,30)(H,29,31)/b28-15+. The van der Waals surface area contributed by atoms with Crippen molar-refractivity contribution in [1.82, 2.24) is 5.43 Å². The van der Waals surface area contributed by atoms with Gasteiger partial charge in [0.2, 0.25) is 0 Å². The molecule has 0 spiro atoms. The Bertz CT molecular complexity index is 1290. The molecule has 2 amide bonds. The number of para-hydroxylation sites is 1. The van der Waals surface area contributed by atoms with E-state index < -0.39 is 17.8 Å². The fourth-order valence-corrected chi connectivity index (χ4v) is 3.19. The summed E-state index contributed by atoms with van der Waals surface area (Å²) >= 11 is 6.07. The van der Waals surface area contributed by atoms with E-state index in [1.54, 1.807) is 67.6 Å². The molecule has 35 heavy (non-hydrogen) atoms. The molecule has 0 aliphatic rings. The van der Waals surface area contributed by atoms with Gasteiger partial charge in [-0.15, -0.1) is 0 Å². The van der Waals surface area contributed by atoms with Crippen molar-refractivity contribution in [2.45, 2.75) is 6.92 Å². The highest BCUT2D eigenvalue weighted by molar-refractivity contribution is 6.39. The van der Waals surface area contributed by atoms with E-state index in [9.17, 15) is 14.4 Å². The number of nitrogens with zero attached hydrogens (tertiary/aromatic N) is 1. The molecule has 0 fully saturated rings. The van der Waals surface area contributed by atoms with Crippen LogP contribution in [0.25, 0.3) is 0 Å². The molecule has 0 atom stereocenters. The van der Waals surface area contributed by atoms with E-state index in [2.05, 4.69) is 15.8 Å². The zero-order chi connectivity index (χ0) is 25.4. The van der Waals surface area contributed by atoms with Gasteiger partial charge in [-0.3, -0.25) is 9.59 Å². The zero-order valence-corrected chi connectivity index (χ0v) is 19.9. The summed E-state index contributed by atoms with van der Waals surface area (Å²) in [5.74, 6) is -1.60. The van der Waals surface area contributed by atoms with Crippen LogP contribution >= 0.6 is 11.6 Å². The predicted octanol–water partition coefficient (Wildman–Crippen LogP) is 4.06. The average Bonchev–Trinajstić information content (AvgIpc) is 2.87. The number of anilines is 1. The first-order valence-electron chi connectivity index (χ1n) is 10.3. The van der Waals surface area contributed by atoms with Gasteiger partial charge >= 0.3 is 17.8 Å². The summed E-state index contributed by atoms with van der Waals surface area (Å²) in [7, 11) is 2.91. The number of hydrogen-bond donors (Lipinski definition) is 2. The van der Waals surface area contributed by atoms with Crippen molar-refractivity contribution in [2.24, 2.45) is 5.10 Å². The average molecular weight is 496 g/mol. The highest BCUT2D eigenvalue weighted by atomic mass is 35.5. The Morgan fingerprint density at radius 1 is 0.829 bits per heavy atom. The van der Waals surface area contributed by atoms with Gasteiger partial charge < -0.3 is 19.5 Å². The second-order valence-electron chi connectivity index (χ2n) is 7.02. The van der Waals surface area contributed by atoms with Gasteiger partial charge in [0.1, 0.15) is 17.2 Å². The van der Waals surface area contributed by atoms with Crippen molar-refractivity contribution in [3.63, 3.8) is 0 Å². The van der Waals surface area contributed by atoms with Crippen molar-refractivity contribution in [3.05, 3.63) is 82.9 Å². The molecule has 0 saturated heterocycles.